The Labute approximate surface area is 174 Å². The van der Waals surface area contributed by atoms with E-state index in [0.29, 0.717) is 23.0 Å². The van der Waals surface area contributed by atoms with Gasteiger partial charge in [-0.05, 0) is 50.1 Å². The maximum absolute atomic E-state index is 15.1. The number of aromatic nitrogens is 4. The van der Waals surface area contributed by atoms with Gasteiger partial charge < -0.3 is 19.5 Å². The molecule has 4 heterocycles. The van der Waals surface area contributed by atoms with Crippen LogP contribution in [0.2, 0.25) is 0 Å². The molecule has 1 aliphatic carbocycles. The topological polar surface area (TPSA) is 70.3 Å². The minimum atomic E-state index is -0.895. The van der Waals surface area contributed by atoms with Crippen LogP contribution in [0.1, 0.15) is 12.8 Å². The average Bonchev–Trinajstić information content (AvgIpc) is 3.29. The Balaban J connectivity index is 1.37. The van der Waals surface area contributed by atoms with E-state index in [9.17, 15) is 5.11 Å². The van der Waals surface area contributed by atoms with Gasteiger partial charge in [0, 0.05) is 43.7 Å². The average molecular weight is 408 g/mol. The minimum Gasteiger partial charge on any atom is -0.507 e. The number of benzene rings is 1. The normalized spacial score (nSPS) is 26.1. The standard InChI is InChI=1S/C22H25FN6O/c1-27-12-14-3-7-18(27)21(23)22(14)28(2)20-8-6-17(25-26-20)16-5-4-15(11-19(16)30)29-10-9-24-13-29/h4-6,8-11,13-14,18,21-22,30H,3,7,12H2,1-2H3/t14-,18?,21?,22?/m0/s1. The highest BCUT2D eigenvalue weighted by molar-refractivity contribution is 5.69. The summed E-state index contributed by atoms with van der Waals surface area (Å²) in [6.07, 6.45) is 6.25. The molecule has 0 radical (unpaired) electrons. The molecule has 3 aliphatic rings. The zero-order chi connectivity index (χ0) is 20.8. The summed E-state index contributed by atoms with van der Waals surface area (Å²) in [5, 5.41) is 19.2. The third-order valence-electron chi connectivity index (χ3n) is 6.62. The first kappa shape index (κ1) is 19.0. The van der Waals surface area contributed by atoms with Crippen LogP contribution in [0, 0.1) is 5.92 Å². The maximum atomic E-state index is 15.1. The van der Waals surface area contributed by atoms with Gasteiger partial charge in [0.15, 0.2) is 5.82 Å². The Morgan fingerprint density at radius 2 is 2.03 bits per heavy atom. The number of nitrogens with zero attached hydrogens (tertiary/aromatic N) is 6. The predicted octanol–water partition coefficient (Wildman–Crippen LogP) is 2.90. The van der Waals surface area contributed by atoms with Crippen LogP contribution in [-0.4, -0.2) is 68.7 Å². The number of alkyl halides is 1. The van der Waals surface area contributed by atoms with Crippen LogP contribution >= 0.6 is 0 Å². The molecule has 7 nitrogen and oxygen atoms in total. The predicted molar refractivity (Wildman–Crippen MR) is 112 cm³/mol. The zero-order valence-electron chi connectivity index (χ0n) is 17.1. The van der Waals surface area contributed by atoms with Gasteiger partial charge in [-0.15, -0.1) is 10.2 Å². The van der Waals surface area contributed by atoms with E-state index in [-0.39, 0.29) is 17.8 Å². The van der Waals surface area contributed by atoms with Gasteiger partial charge in [-0.3, -0.25) is 0 Å². The van der Waals surface area contributed by atoms with Crippen LogP contribution in [-0.2, 0) is 0 Å². The van der Waals surface area contributed by atoms with E-state index in [0.717, 1.165) is 25.1 Å². The van der Waals surface area contributed by atoms with Gasteiger partial charge in [0.25, 0.3) is 0 Å². The number of imidazole rings is 1. The van der Waals surface area contributed by atoms with Gasteiger partial charge in [0.1, 0.15) is 11.9 Å². The molecule has 3 aromatic rings. The fourth-order valence-electron chi connectivity index (χ4n) is 5.02. The van der Waals surface area contributed by atoms with Gasteiger partial charge in [-0.1, -0.05) is 0 Å². The van der Waals surface area contributed by atoms with E-state index in [1.165, 1.54) is 0 Å². The van der Waals surface area contributed by atoms with Crippen LogP contribution in [0.15, 0.2) is 49.1 Å². The number of halogens is 1. The van der Waals surface area contributed by atoms with Gasteiger partial charge >= 0.3 is 0 Å². The molecule has 3 fully saturated rings. The smallest absolute Gasteiger partial charge is 0.151 e. The number of piperidine rings is 2. The highest BCUT2D eigenvalue weighted by Gasteiger charge is 2.48. The molecule has 2 saturated heterocycles. The molecule has 0 spiro atoms. The summed E-state index contributed by atoms with van der Waals surface area (Å²) in [7, 11) is 3.91. The Morgan fingerprint density at radius 3 is 2.67 bits per heavy atom. The first-order valence-electron chi connectivity index (χ1n) is 10.3. The second kappa shape index (κ2) is 7.36. The number of phenols is 1. The molecule has 30 heavy (non-hydrogen) atoms. The van der Waals surface area contributed by atoms with Crippen molar-refractivity contribution in [1.82, 2.24) is 24.6 Å². The molecule has 2 bridgehead atoms. The second-order valence-corrected chi connectivity index (χ2v) is 8.34. The van der Waals surface area contributed by atoms with Crippen molar-refractivity contribution in [3.63, 3.8) is 0 Å². The highest BCUT2D eigenvalue weighted by atomic mass is 19.1. The molecule has 3 unspecified atom stereocenters. The summed E-state index contributed by atoms with van der Waals surface area (Å²) >= 11 is 0. The molecule has 2 aliphatic heterocycles. The van der Waals surface area contributed by atoms with Crippen molar-refractivity contribution in [3.05, 3.63) is 49.1 Å². The largest absolute Gasteiger partial charge is 0.507 e. The number of anilines is 1. The lowest BCUT2D eigenvalue weighted by Gasteiger charge is -2.52. The minimum absolute atomic E-state index is 0.0133. The van der Waals surface area contributed by atoms with Crippen molar-refractivity contribution in [3.8, 4) is 22.7 Å². The number of fused-ring (bicyclic) bond motifs is 3. The third-order valence-corrected chi connectivity index (χ3v) is 6.62. The summed E-state index contributed by atoms with van der Waals surface area (Å²) in [6.45, 7) is 0.919. The number of rotatable bonds is 4. The van der Waals surface area contributed by atoms with Crippen molar-refractivity contribution in [1.29, 1.82) is 0 Å². The number of hydrogen-bond donors (Lipinski definition) is 1. The van der Waals surface area contributed by atoms with Gasteiger partial charge in [0.2, 0.25) is 0 Å². The molecule has 156 valence electrons. The summed E-state index contributed by atoms with van der Waals surface area (Å²) < 4.78 is 16.9. The molecule has 1 saturated carbocycles. The number of hydrogen-bond acceptors (Lipinski definition) is 6. The van der Waals surface area contributed by atoms with Crippen molar-refractivity contribution in [2.75, 3.05) is 25.5 Å². The lowest BCUT2D eigenvalue weighted by Crippen LogP contribution is -2.64. The summed E-state index contributed by atoms with van der Waals surface area (Å²) in [6, 6.07) is 8.85. The van der Waals surface area contributed by atoms with Crippen molar-refractivity contribution in [2.45, 2.75) is 31.1 Å². The Kier molecular flexibility index (Phi) is 4.66. The van der Waals surface area contributed by atoms with Crippen LogP contribution < -0.4 is 4.90 Å². The first-order chi connectivity index (χ1) is 14.5. The monoisotopic (exact) mass is 408 g/mol. The quantitative estimate of drug-likeness (QED) is 0.716. The second-order valence-electron chi connectivity index (χ2n) is 8.34. The Hall–Kier alpha value is -3.00. The summed E-state index contributed by atoms with van der Waals surface area (Å²) in [4.78, 5) is 8.11. The van der Waals surface area contributed by atoms with Crippen molar-refractivity contribution in [2.24, 2.45) is 5.92 Å². The lowest BCUT2D eigenvalue weighted by atomic mass is 9.74. The molecule has 1 aromatic carbocycles. The summed E-state index contributed by atoms with van der Waals surface area (Å²) in [5.74, 6) is 1.06. The van der Waals surface area contributed by atoms with Gasteiger partial charge in [-0.25, -0.2) is 9.37 Å². The first-order valence-corrected chi connectivity index (χ1v) is 10.3. The highest BCUT2D eigenvalue weighted by Crippen LogP contribution is 2.39. The molecule has 1 N–H and O–H groups in total. The van der Waals surface area contributed by atoms with E-state index in [4.69, 9.17) is 0 Å². The van der Waals surface area contributed by atoms with E-state index in [1.54, 1.807) is 18.6 Å². The van der Waals surface area contributed by atoms with Crippen LogP contribution in [0.4, 0.5) is 10.2 Å². The molecular weight excluding hydrogens is 383 g/mol. The number of aromatic hydroxyl groups is 1. The molecular formula is C22H25FN6O. The van der Waals surface area contributed by atoms with Crippen LogP contribution in [0.5, 0.6) is 5.75 Å². The maximum Gasteiger partial charge on any atom is 0.151 e. The van der Waals surface area contributed by atoms with E-state index < -0.39 is 6.17 Å². The van der Waals surface area contributed by atoms with E-state index in [2.05, 4.69) is 20.1 Å². The van der Waals surface area contributed by atoms with Crippen LogP contribution in [0.25, 0.3) is 16.9 Å². The molecule has 2 aromatic heterocycles. The van der Waals surface area contributed by atoms with E-state index >= 15 is 4.39 Å². The van der Waals surface area contributed by atoms with Gasteiger partial charge in [-0.2, -0.15) is 0 Å². The fourth-order valence-corrected chi connectivity index (χ4v) is 5.02. The SMILES string of the molecule is CN1C[C@@H]2CCC1C(F)C2N(C)c1ccc(-c2ccc(-n3ccnc3)cc2O)nn1. The number of phenolic OH excluding ortho intramolecular Hbond substituents is 1. The summed E-state index contributed by atoms with van der Waals surface area (Å²) in [5.41, 5.74) is 1.98. The molecule has 4 atom stereocenters. The molecule has 6 rings (SSSR count). The molecule has 0 amide bonds. The third kappa shape index (κ3) is 3.11. The van der Waals surface area contributed by atoms with Gasteiger partial charge in [0.05, 0.1) is 23.8 Å². The van der Waals surface area contributed by atoms with Crippen molar-refractivity contribution < 1.29 is 9.50 Å². The zero-order valence-corrected chi connectivity index (χ0v) is 17.1. The Morgan fingerprint density at radius 1 is 1.17 bits per heavy atom. The lowest BCUT2D eigenvalue weighted by molar-refractivity contribution is -0.0177. The Bertz CT molecular complexity index is 1020. The van der Waals surface area contributed by atoms with Crippen molar-refractivity contribution >= 4 is 5.82 Å². The van der Waals surface area contributed by atoms with Crippen LogP contribution in [0.3, 0.4) is 0 Å². The fraction of sp³-hybridized carbons (Fsp3) is 0.409. The molecule has 8 heteroatoms. The van der Waals surface area contributed by atoms with E-state index in [1.807, 2.05) is 54.0 Å².